The number of nitrogens with one attached hydrogen (secondary N) is 1. The summed E-state index contributed by atoms with van der Waals surface area (Å²) in [5.41, 5.74) is 2.56. The van der Waals surface area contributed by atoms with Gasteiger partial charge in [-0.25, -0.2) is 0 Å². The second kappa shape index (κ2) is 8.30. The fourth-order valence-electron chi connectivity index (χ4n) is 2.78. The Morgan fingerprint density at radius 1 is 1.09 bits per heavy atom. The van der Waals surface area contributed by atoms with E-state index in [-0.39, 0.29) is 11.8 Å². The molecular formula is C18H29N3O. The lowest BCUT2D eigenvalue weighted by atomic mass is 10.1. The van der Waals surface area contributed by atoms with Gasteiger partial charge in [-0.15, -0.1) is 0 Å². The van der Waals surface area contributed by atoms with Gasteiger partial charge in [0.25, 0.3) is 0 Å². The number of benzene rings is 1. The predicted molar refractivity (Wildman–Crippen MR) is 90.5 cm³/mol. The molecule has 0 radical (unpaired) electrons. The van der Waals surface area contributed by atoms with E-state index in [1.807, 2.05) is 13.8 Å². The third-order valence-corrected chi connectivity index (χ3v) is 4.40. The SMILES string of the molecule is CCN1CCN(Cc2ccccc2CNC(=O)C(C)C)CC1. The highest BCUT2D eigenvalue weighted by Gasteiger charge is 2.16. The van der Waals surface area contributed by atoms with Gasteiger partial charge in [0.05, 0.1) is 0 Å². The molecule has 1 saturated heterocycles. The van der Waals surface area contributed by atoms with Gasteiger partial charge in [0.15, 0.2) is 0 Å². The standard InChI is InChI=1S/C18H29N3O/c1-4-20-9-11-21(12-10-20)14-17-8-6-5-7-16(17)13-19-18(22)15(2)3/h5-8,15H,4,9-14H2,1-3H3,(H,19,22). The van der Waals surface area contributed by atoms with Gasteiger partial charge >= 0.3 is 0 Å². The summed E-state index contributed by atoms with van der Waals surface area (Å²) in [6.45, 7) is 13.4. The van der Waals surface area contributed by atoms with Crippen molar-refractivity contribution in [3.63, 3.8) is 0 Å². The van der Waals surface area contributed by atoms with Crippen molar-refractivity contribution in [1.82, 2.24) is 15.1 Å². The van der Waals surface area contributed by atoms with Crippen LogP contribution in [0.4, 0.5) is 0 Å². The second-order valence-electron chi connectivity index (χ2n) is 6.35. The highest BCUT2D eigenvalue weighted by Crippen LogP contribution is 2.13. The van der Waals surface area contributed by atoms with Crippen molar-refractivity contribution in [3.8, 4) is 0 Å². The molecule has 1 aromatic carbocycles. The summed E-state index contributed by atoms with van der Waals surface area (Å²) in [7, 11) is 0. The van der Waals surface area contributed by atoms with Crippen molar-refractivity contribution in [2.75, 3.05) is 32.7 Å². The molecule has 0 bridgehead atoms. The van der Waals surface area contributed by atoms with Gasteiger partial charge in [-0.1, -0.05) is 45.0 Å². The van der Waals surface area contributed by atoms with Gasteiger partial charge in [-0.2, -0.15) is 0 Å². The van der Waals surface area contributed by atoms with Crippen LogP contribution in [-0.2, 0) is 17.9 Å². The number of hydrogen-bond acceptors (Lipinski definition) is 3. The molecule has 1 amide bonds. The lowest BCUT2D eigenvalue weighted by molar-refractivity contribution is -0.124. The van der Waals surface area contributed by atoms with E-state index in [4.69, 9.17) is 0 Å². The predicted octanol–water partition coefficient (Wildman–Crippen LogP) is 2.10. The molecule has 0 atom stereocenters. The number of carbonyl (C=O) groups is 1. The second-order valence-corrected chi connectivity index (χ2v) is 6.35. The molecule has 1 aliphatic heterocycles. The highest BCUT2D eigenvalue weighted by molar-refractivity contribution is 5.77. The van der Waals surface area contributed by atoms with Crippen LogP contribution >= 0.6 is 0 Å². The average Bonchev–Trinajstić information content (AvgIpc) is 2.54. The van der Waals surface area contributed by atoms with Crippen LogP contribution in [0.15, 0.2) is 24.3 Å². The third kappa shape index (κ3) is 4.82. The van der Waals surface area contributed by atoms with E-state index in [0.29, 0.717) is 6.54 Å². The van der Waals surface area contributed by atoms with E-state index in [9.17, 15) is 4.79 Å². The quantitative estimate of drug-likeness (QED) is 0.874. The molecule has 4 heteroatoms. The summed E-state index contributed by atoms with van der Waals surface area (Å²) in [4.78, 5) is 16.8. The molecule has 1 aliphatic rings. The minimum atomic E-state index is 0.0364. The van der Waals surface area contributed by atoms with Crippen LogP contribution in [-0.4, -0.2) is 48.4 Å². The molecule has 2 rings (SSSR count). The van der Waals surface area contributed by atoms with Gasteiger partial charge in [-0.3, -0.25) is 9.69 Å². The van der Waals surface area contributed by atoms with E-state index in [2.05, 4.69) is 46.3 Å². The van der Waals surface area contributed by atoms with E-state index >= 15 is 0 Å². The van der Waals surface area contributed by atoms with Crippen molar-refractivity contribution in [2.45, 2.75) is 33.9 Å². The summed E-state index contributed by atoms with van der Waals surface area (Å²) < 4.78 is 0. The summed E-state index contributed by atoms with van der Waals surface area (Å²) in [5.74, 6) is 0.153. The van der Waals surface area contributed by atoms with Crippen LogP contribution in [0.3, 0.4) is 0 Å². The van der Waals surface area contributed by atoms with Crippen molar-refractivity contribution >= 4 is 5.91 Å². The van der Waals surface area contributed by atoms with E-state index in [0.717, 1.165) is 39.3 Å². The molecule has 1 fully saturated rings. The number of rotatable bonds is 6. The fraction of sp³-hybridized carbons (Fsp3) is 0.611. The molecular weight excluding hydrogens is 274 g/mol. The van der Waals surface area contributed by atoms with Gasteiger partial charge < -0.3 is 10.2 Å². The number of piperazine rings is 1. The molecule has 1 N–H and O–H groups in total. The zero-order valence-corrected chi connectivity index (χ0v) is 14.1. The fourth-order valence-corrected chi connectivity index (χ4v) is 2.78. The first-order valence-electron chi connectivity index (χ1n) is 8.39. The maximum absolute atomic E-state index is 11.8. The van der Waals surface area contributed by atoms with Gasteiger partial charge in [0.1, 0.15) is 0 Å². The van der Waals surface area contributed by atoms with Crippen LogP contribution in [0.1, 0.15) is 31.9 Å². The molecule has 4 nitrogen and oxygen atoms in total. The third-order valence-electron chi connectivity index (χ3n) is 4.40. The van der Waals surface area contributed by atoms with E-state index in [1.165, 1.54) is 11.1 Å². The smallest absolute Gasteiger partial charge is 0.222 e. The van der Waals surface area contributed by atoms with E-state index < -0.39 is 0 Å². The summed E-state index contributed by atoms with van der Waals surface area (Å²) in [6, 6.07) is 8.45. The molecule has 0 spiro atoms. The summed E-state index contributed by atoms with van der Waals surface area (Å²) in [6.07, 6.45) is 0. The van der Waals surface area contributed by atoms with E-state index in [1.54, 1.807) is 0 Å². The number of carbonyl (C=O) groups excluding carboxylic acids is 1. The number of hydrogen-bond donors (Lipinski definition) is 1. The molecule has 0 saturated carbocycles. The van der Waals surface area contributed by atoms with Gasteiger partial charge in [-0.05, 0) is 17.7 Å². The Kier molecular flexibility index (Phi) is 6.40. The molecule has 0 unspecified atom stereocenters. The minimum absolute atomic E-state index is 0.0364. The molecule has 1 aromatic rings. The first-order chi connectivity index (χ1) is 10.6. The highest BCUT2D eigenvalue weighted by atomic mass is 16.1. The van der Waals surface area contributed by atoms with Crippen molar-refractivity contribution in [2.24, 2.45) is 5.92 Å². The zero-order valence-electron chi connectivity index (χ0n) is 14.1. The Labute approximate surface area is 134 Å². The summed E-state index contributed by atoms with van der Waals surface area (Å²) in [5, 5.41) is 3.03. The molecule has 122 valence electrons. The lowest BCUT2D eigenvalue weighted by Gasteiger charge is -2.34. The Bertz CT molecular complexity index is 479. The number of amides is 1. The molecule has 0 aromatic heterocycles. The topological polar surface area (TPSA) is 35.6 Å². The van der Waals surface area contributed by atoms with Crippen LogP contribution in [0.2, 0.25) is 0 Å². The van der Waals surface area contributed by atoms with Crippen molar-refractivity contribution in [1.29, 1.82) is 0 Å². The monoisotopic (exact) mass is 303 g/mol. The van der Waals surface area contributed by atoms with Gasteiger partial charge in [0.2, 0.25) is 5.91 Å². The Morgan fingerprint density at radius 2 is 1.68 bits per heavy atom. The normalized spacial score (nSPS) is 16.9. The number of likely N-dealkylation sites (N-methyl/N-ethyl adjacent to an activating group) is 1. The maximum Gasteiger partial charge on any atom is 0.222 e. The Morgan fingerprint density at radius 3 is 2.27 bits per heavy atom. The Balaban J connectivity index is 1.92. The van der Waals surface area contributed by atoms with Crippen LogP contribution in [0.5, 0.6) is 0 Å². The molecule has 22 heavy (non-hydrogen) atoms. The first kappa shape index (κ1) is 17.0. The first-order valence-corrected chi connectivity index (χ1v) is 8.39. The largest absolute Gasteiger partial charge is 0.352 e. The molecule has 0 aliphatic carbocycles. The van der Waals surface area contributed by atoms with Crippen LogP contribution in [0, 0.1) is 5.92 Å². The average molecular weight is 303 g/mol. The Hall–Kier alpha value is -1.39. The number of nitrogens with zero attached hydrogens (tertiary/aromatic N) is 2. The minimum Gasteiger partial charge on any atom is -0.352 e. The van der Waals surface area contributed by atoms with Crippen LogP contribution < -0.4 is 5.32 Å². The van der Waals surface area contributed by atoms with Crippen molar-refractivity contribution < 1.29 is 4.79 Å². The zero-order chi connectivity index (χ0) is 15.9. The van der Waals surface area contributed by atoms with Crippen LogP contribution in [0.25, 0.3) is 0 Å². The maximum atomic E-state index is 11.8. The summed E-state index contributed by atoms with van der Waals surface area (Å²) >= 11 is 0. The lowest BCUT2D eigenvalue weighted by Crippen LogP contribution is -2.45. The molecule has 1 heterocycles. The van der Waals surface area contributed by atoms with Gasteiger partial charge in [0, 0.05) is 45.2 Å². The van der Waals surface area contributed by atoms with Crippen molar-refractivity contribution in [3.05, 3.63) is 35.4 Å².